The standard InChI is InChI=1S/C21H25N3O2/c1-3-23(4-2)21(26)22-18-12-13-19-17(15-18)11-8-14-24(19)20(25)16-9-6-5-7-10-16/h5-7,9-10,12-13,15H,3-4,8,11,14H2,1-2H3,(H,22,26). The number of carbonyl (C=O) groups is 2. The van der Waals surface area contributed by atoms with Gasteiger partial charge in [0.25, 0.3) is 5.91 Å². The summed E-state index contributed by atoms with van der Waals surface area (Å²) in [6, 6.07) is 15.1. The van der Waals surface area contributed by atoms with Gasteiger partial charge in [-0.3, -0.25) is 4.79 Å². The SMILES string of the molecule is CCN(CC)C(=O)Nc1ccc2c(c1)CCCN2C(=O)c1ccccc1. The van der Waals surface area contributed by atoms with Gasteiger partial charge >= 0.3 is 6.03 Å². The van der Waals surface area contributed by atoms with E-state index in [2.05, 4.69) is 5.32 Å². The summed E-state index contributed by atoms with van der Waals surface area (Å²) < 4.78 is 0. The Balaban J connectivity index is 1.81. The van der Waals surface area contributed by atoms with Gasteiger partial charge in [0, 0.05) is 36.6 Å². The van der Waals surface area contributed by atoms with E-state index in [1.54, 1.807) is 4.90 Å². The molecule has 1 heterocycles. The van der Waals surface area contributed by atoms with Crippen LogP contribution in [0, 0.1) is 0 Å². The first-order chi connectivity index (χ1) is 12.6. The fourth-order valence-electron chi connectivity index (χ4n) is 3.34. The lowest BCUT2D eigenvalue weighted by Gasteiger charge is -2.30. The minimum absolute atomic E-state index is 0.0199. The van der Waals surface area contributed by atoms with Gasteiger partial charge in [0.15, 0.2) is 0 Å². The molecule has 5 nitrogen and oxygen atoms in total. The molecule has 2 aromatic carbocycles. The summed E-state index contributed by atoms with van der Waals surface area (Å²) >= 11 is 0. The number of urea groups is 1. The highest BCUT2D eigenvalue weighted by Gasteiger charge is 2.24. The lowest BCUT2D eigenvalue weighted by Crippen LogP contribution is -2.36. The lowest BCUT2D eigenvalue weighted by molar-refractivity contribution is 0.0985. The topological polar surface area (TPSA) is 52.7 Å². The number of fused-ring (bicyclic) bond motifs is 1. The van der Waals surface area contributed by atoms with Crippen molar-refractivity contribution in [3.63, 3.8) is 0 Å². The zero-order valence-electron chi connectivity index (χ0n) is 15.4. The van der Waals surface area contributed by atoms with Crippen molar-refractivity contribution < 1.29 is 9.59 Å². The molecule has 3 rings (SSSR count). The molecule has 1 aliphatic heterocycles. The molecular formula is C21H25N3O2. The highest BCUT2D eigenvalue weighted by atomic mass is 16.2. The Hall–Kier alpha value is -2.82. The van der Waals surface area contributed by atoms with Crippen LogP contribution < -0.4 is 10.2 Å². The minimum atomic E-state index is -0.0945. The van der Waals surface area contributed by atoms with Crippen molar-refractivity contribution in [1.29, 1.82) is 0 Å². The normalized spacial score (nSPS) is 13.1. The van der Waals surface area contributed by atoms with E-state index in [0.717, 1.165) is 29.8 Å². The summed E-state index contributed by atoms with van der Waals surface area (Å²) in [5.41, 5.74) is 3.50. The summed E-state index contributed by atoms with van der Waals surface area (Å²) in [5.74, 6) is 0.0199. The molecule has 0 aromatic heterocycles. The fraction of sp³-hybridized carbons (Fsp3) is 0.333. The van der Waals surface area contributed by atoms with Gasteiger partial charge in [0.1, 0.15) is 0 Å². The number of amides is 3. The van der Waals surface area contributed by atoms with Crippen LogP contribution in [-0.2, 0) is 6.42 Å². The van der Waals surface area contributed by atoms with Gasteiger partial charge in [-0.1, -0.05) is 18.2 Å². The lowest BCUT2D eigenvalue weighted by atomic mass is 10.00. The maximum atomic E-state index is 12.8. The molecule has 26 heavy (non-hydrogen) atoms. The summed E-state index contributed by atoms with van der Waals surface area (Å²) in [7, 11) is 0. The largest absolute Gasteiger partial charge is 0.325 e. The van der Waals surface area contributed by atoms with E-state index in [1.807, 2.05) is 67.3 Å². The number of aryl methyl sites for hydroxylation is 1. The average molecular weight is 351 g/mol. The Bertz CT molecular complexity index is 785. The van der Waals surface area contributed by atoms with E-state index in [0.29, 0.717) is 25.2 Å². The van der Waals surface area contributed by atoms with Crippen LogP contribution in [0.1, 0.15) is 36.2 Å². The number of carbonyl (C=O) groups excluding carboxylic acids is 2. The highest BCUT2D eigenvalue weighted by molar-refractivity contribution is 6.07. The second-order valence-corrected chi connectivity index (χ2v) is 6.37. The summed E-state index contributed by atoms with van der Waals surface area (Å²) in [5, 5.41) is 2.95. The third-order valence-corrected chi connectivity index (χ3v) is 4.77. The maximum absolute atomic E-state index is 12.8. The molecule has 2 aromatic rings. The van der Waals surface area contributed by atoms with Crippen molar-refractivity contribution in [3.8, 4) is 0 Å². The Morgan fingerprint density at radius 1 is 1.08 bits per heavy atom. The molecule has 0 fully saturated rings. The first-order valence-electron chi connectivity index (χ1n) is 9.19. The molecule has 0 radical (unpaired) electrons. The predicted octanol–water partition coefficient (Wildman–Crippen LogP) is 4.15. The van der Waals surface area contributed by atoms with E-state index in [4.69, 9.17) is 0 Å². The van der Waals surface area contributed by atoms with Gasteiger partial charge < -0.3 is 15.1 Å². The van der Waals surface area contributed by atoms with Crippen LogP contribution >= 0.6 is 0 Å². The molecule has 136 valence electrons. The van der Waals surface area contributed by atoms with Crippen LogP contribution in [0.15, 0.2) is 48.5 Å². The number of benzene rings is 2. The first kappa shape index (κ1) is 18.0. The van der Waals surface area contributed by atoms with Crippen LogP contribution in [0.5, 0.6) is 0 Å². The van der Waals surface area contributed by atoms with Crippen LogP contribution in [0.3, 0.4) is 0 Å². The zero-order valence-corrected chi connectivity index (χ0v) is 15.4. The van der Waals surface area contributed by atoms with Crippen LogP contribution in [-0.4, -0.2) is 36.5 Å². The van der Waals surface area contributed by atoms with Crippen LogP contribution in [0.25, 0.3) is 0 Å². The molecule has 0 aliphatic carbocycles. The minimum Gasteiger partial charge on any atom is -0.325 e. The molecule has 0 atom stereocenters. The van der Waals surface area contributed by atoms with Crippen LogP contribution in [0.4, 0.5) is 16.2 Å². The molecule has 0 unspecified atom stereocenters. The number of hydrogen-bond acceptors (Lipinski definition) is 2. The summed E-state index contributed by atoms with van der Waals surface area (Å²) in [6.45, 7) is 5.98. The highest BCUT2D eigenvalue weighted by Crippen LogP contribution is 2.31. The molecule has 3 amide bonds. The van der Waals surface area contributed by atoms with Gasteiger partial charge in [-0.2, -0.15) is 0 Å². The molecule has 5 heteroatoms. The third-order valence-electron chi connectivity index (χ3n) is 4.77. The molecule has 0 saturated carbocycles. The Morgan fingerprint density at radius 2 is 1.81 bits per heavy atom. The van der Waals surface area contributed by atoms with E-state index in [1.165, 1.54) is 0 Å². The zero-order chi connectivity index (χ0) is 18.5. The van der Waals surface area contributed by atoms with E-state index < -0.39 is 0 Å². The van der Waals surface area contributed by atoms with E-state index in [9.17, 15) is 9.59 Å². The molecule has 0 spiro atoms. The number of hydrogen-bond donors (Lipinski definition) is 1. The van der Waals surface area contributed by atoms with Crippen molar-refractivity contribution >= 4 is 23.3 Å². The molecule has 1 N–H and O–H groups in total. The Labute approximate surface area is 154 Å². The smallest absolute Gasteiger partial charge is 0.321 e. The number of nitrogens with one attached hydrogen (secondary N) is 1. The van der Waals surface area contributed by atoms with Crippen molar-refractivity contribution in [2.45, 2.75) is 26.7 Å². The van der Waals surface area contributed by atoms with Gasteiger partial charge in [-0.05, 0) is 62.6 Å². The number of rotatable bonds is 4. The average Bonchev–Trinajstić information content (AvgIpc) is 2.68. The fourth-order valence-corrected chi connectivity index (χ4v) is 3.34. The monoisotopic (exact) mass is 351 g/mol. The number of nitrogens with zero attached hydrogens (tertiary/aromatic N) is 2. The third kappa shape index (κ3) is 3.72. The van der Waals surface area contributed by atoms with Gasteiger partial charge in [0.2, 0.25) is 0 Å². The molecular weight excluding hydrogens is 326 g/mol. The summed E-state index contributed by atoms with van der Waals surface area (Å²) in [4.78, 5) is 28.7. The van der Waals surface area contributed by atoms with Crippen molar-refractivity contribution in [3.05, 3.63) is 59.7 Å². The molecule has 1 aliphatic rings. The van der Waals surface area contributed by atoms with E-state index in [-0.39, 0.29) is 11.9 Å². The second kappa shape index (κ2) is 8.04. The maximum Gasteiger partial charge on any atom is 0.321 e. The molecule has 0 saturated heterocycles. The van der Waals surface area contributed by atoms with Gasteiger partial charge in [-0.15, -0.1) is 0 Å². The van der Waals surface area contributed by atoms with Crippen molar-refractivity contribution in [2.75, 3.05) is 29.9 Å². The number of anilines is 2. The van der Waals surface area contributed by atoms with Crippen molar-refractivity contribution in [2.24, 2.45) is 0 Å². The van der Waals surface area contributed by atoms with Crippen LogP contribution in [0.2, 0.25) is 0 Å². The quantitative estimate of drug-likeness (QED) is 0.899. The summed E-state index contributed by atoms with van der Waals surface area (Å²) in [6.07, 6.45) is 1.82. The Morgan fingerprint density at radius 3 is 2.50 bits per heavy atom. The van der Waals surface area contributed by atoms with Gasteiger partial charge in [-0.25, -0.2) is 4.79 Å². The predicted molar refractivity (Wildman–Crippen MR) is 105 cm³/mol. The Kier molecular flexibility index (Phi) is 5.56. The van der Waals surface area contributed by atoms with Gasteiger partial charge in [0.05, 0.1) is 0 Å². The molecule has 0 bridgehead atoms. The first-order valence-corrected chi connectivity index (χ1v) is 9.19. The van der Waals surface area contributed by atoms with E-state index >= 15 is 0 Å². The second-order valence-electron chi connectivity index (χ2n) is 6.37. The van der Waals surface area contributed by atoms with Crippen molar-refractivity contribution in [1.82, 2.24) is 4.90 Å².